The van der Waals surface area contributed by atoms with Gasteiger partial charge in [0.25, 0.3) is 0 Å². The van der Waals surface area contributed by atoms with Crippen molar-refractivity contribution in [1.29, 1.82) is 0 Å². The van der Waals surface area contributed by atoms with Crippen LogP contribution in [0.4, 0.5) is 0 Å². The molecule has 0 aliphatic carbocycles. The van der Waals surface area contributed by atoms with Crippen molar-refractivity contribution in [3.05, 3.63) is 29.3 Å². The minimum atomic E-state index is -0.968. The van der Waals surface area contributed by atoms with Gasteiger partial charge in [-0.05, 0) is 24.6 Å². The molecular formula is C14H14O5. The number of carboxylic acids is 1. The summed E-state index contributed by atoms with van der Waals surface area (Å²) in [5, 5.41) is 8.81. The third-order valence-corrected chi connectivity index (χ3v) is 2.23. The molecule has 0 saturated heterocycles. The number of rotatable bonds is 4. The highest BCUT2D eigenvalue weighted by Crippen LogP contribution is 2.17. The summed E-state index contributed by atoms with van der Waals surface area (Å²) in [5.41, 5.74) is 0.958. The van der Waals surface area contributed by atoms with E-state index in [1.54, 1.807) is 25.1 Å². The highest BCUT2D eigenvalue weighted by molar-refractivity contribution is 5.89. The number of carbonyl (C=O) groups is 2. The first-order chi connectivity index (χ1) is 9.06. The van der Waals surface area contributed by atoms with Gasteiger partial charge in [0.15, 0.2) is 0 Å². The average Bonchev–Trinajstić information content (AvgIpc) is 2.37. The van der Waals surface area contributed by atoms with Crippen molar-refractivity contribution in [3.8, 4) is 17.6 Å². The van der Waals surface area contributed by atoms with Crippen LogP contribution in [-0.2, 0) is 20.7 Å². The predicted molar refractivity (Wildman–Crippen MR) is 67.8 cm³/mol. The number of carboxylic acid groups (broad SMARTS) is 1. The summed E-state index contributed by atoms with van der Waals surface area (Å²) in [6.07, 6.45) is -0.170. The van der Waals surface area contributed by atoms with Crippen LogP contribution in [0.5, 0.6) is 5.75 Å². The van der Waals surface area contributed by atoms with Gasteiger partial charge in [-0.25, -0.2) is 4.79 Å². The fourth-order valence-electron chi connectivity index (χ4n) is 1.40. The molecule has 1 N–H and O–H groups in total. The predicted octanol–water partition coefficient (Wildman–Crippen LogP) is 1.24. The minimum Gasteiger partial charge on any atom is -0.497 e. The maximum Gasteiger partial charge on any atom is 0.384 e. The van der Waals surface area contributed by atoms with Gasteiger partial charge in [0.2, 0.25) is 0 Å². The van der Waals surface area contributed by atoms with E-state index < -0.39 is 11.9 Å². The lowest BCUT2D eigenvalue weighted by Crippen LogP contribution is -2.03. The average molecular weight is 262 g/mol. The minimum absolute atomic E-state index is 0.170. The highest BCUT2D eigenvalue weighted by atomic mass is 16.5. The van der Waals surface area contributed by atoms with E-state index >= 15 is 0 Å². The molecule has 0 saturated carbocycles. The van der Waals surface area contributed by atoms with Gasteiger partial charge < -0.3 is 14.6 Å². The lowest BCUT2D eigenvalue weighted by atomic mass is 10.0. The Bertz CT molecular complexity index is 537. The van der Waals surface area contributed by atoms with Crippen molar-refractivity contribution in [2.75, 3.05) is 13.7 Å². The second kappa shape index (κ2) is 7.07. The van der Waals surface area contributed by atoms with Gasteiger partial charge in [-0.3, -0.25) is 4.79 Å². The van der Waals surface area contributed by atoms with Crippen molar-refractivity contribution >= 4 is 11.9 Å². The summed E-state index contributed by atoms with van der Waals surface area (Å²) in [4.78, 5) is 21.9. The fourth-order valence-corrected chi connectivity index (χ4v) is 1.40. The smallest absolute Gasteiger partial charge is 0.384 e. The van der Waals surface area contributed by atoms with Crippen LogP contribution in [0.15, 0.2) is 18.2 Å². The van der Waals surface area contributed by atoms with E-state index in [1.165, 1.54) is 7.11 Å². The Morgan fingerprint density at radius 2 is 2.11 bits per heavy atom. The van der Waals surface area contributed by atoms with Crippen molar-refractivity contribution in [3.63, 3.8) is 0 Å². The molecule has 0 unspecified atom stereocenters. The number of carbonyl (C=O) groups excluding carboxylic acids is 1. The molecule has 1 aromatic carbocycles. The molecule has 1 rings (SSSR count). The normalized spacial score (nSPS) is 9.16. The van der Waals surface area contributed by atoms with Crippen LogP contribution in [-0.4, -0.2) is 30.8 Å². The standard InChI is InChI=1S/C14H14O5/c1-3-19-14(17)7-5-10-8-12(18-2)6-4-11(10)9-13(15)16/h4,6,8H,3,9H2,1-2H3,(H,15,16). The Morgan fingerprint density at radius 1 is 1.37 bits per heavy atom. The number of ether oxygens (including phenoxy) is 2. The lowest BCUT2D eigenvalue weighted by Gasteiger charge is -2.05. The van der Waals surface area contributed by atoms with Crippen molar-refractivity contribution in [2.24, 2.45) is 0 Å². The summed E-state index contributed by atoms with van der Waals surface area (Å²) in [6.45, 7) is 1.93. The Labute approximate surface area is 111 Å². The SMILES string of the molecule is CCOC(=O)C#Cc1cc(OC)ccc1CC(=O)O. The molecule has 0 radical (unpaired) electrons. The number of hydrogen-bond acceptors (Lipinski definition) is 4. The molecule has 1 aromatic rings. The fraction of sp³-hybridized carbons (Fsp3) is 0.286. The van der Waals surface area contributed by atoms with Crippen LogP contribution in [0.1, 0.15) is 18.1 Å². The molecule has 0 aliphatic heterocycles. The maximum atomic E-state index is 11.2. The van der Waals surface area contributed by atoms with Crippen LogP contribution in [0.2, 0.25) is 0 Å². The summed E-state index contributed by atoms with van der Waals surface area (Å²) in [5.74, 6) is 3.84. The Morgan fingerprint density at radius 3 is 2.68 bits per heavy atom. The van der Waals surface area contributed by atoms with Crippen LogP contribution >= 0.6 is 0 Å². The van der Waals surface area contributed by atoms with Gasteiger partial charge in [-0.15, -0.1) is 0 Å². The zero-order chi connectivity index (χ0) is 14.3. The third kappa shape index (κ3) is 4.72. The van der Waals surface area contributed by atoms with Crippen LogP contribution in [0, 0.1) is 11.8 Å². The Kier molecular flexibility index (Phi) is 5.42. The number of methoxy groups -OCH3 is 1. The topological polar surface area (TPSA) is 72.8 Å². The number of hydrogen-bond donors (Lipinski definition) is 1. The quantitative estimate of drug-likeness (QED) is 0.652. The summed E-state index contributed by atoms with van der Waals surface area (Å²) < 4.78 is 9.72. The van der Waals surface area contributed by atoms with Gasteiger partial charge in [-0.1, -0.05) is 12.0 Å². The second-order valence-electron chi connectivity index (χ2n) is 3.56. The van der Waals surface area contributed by atoms with E-state index in [4.69, 9.17) is 9.84 Å². The monoisotopic (exact) mass is 262 g/mol. The largest absolute Gasteiger partial charge is 0.497 e. The summed E-state index contributed by atoms with van der Waals surface area (Å²) >= 11 is 0. The number of aliphatic carboxylic acids is 1. The number of esters is 1. The van der Waals surface area contributed by atoms with E-state index in [9.17, 15) is 9.59 Å². The zero-order valence-electron chi connectivity index (χ0n) is 10.7. The van der Waals surface area contributed by atoms with E-state index in [0.717, 1.165) is 0 Å². The van der Waals surface area contributed by atoms with E-state index in [2.05, 4.69) is 16.6 Å². The van der Waals surface area contributed by atoms with Crippen molar-refractivity contribution in [1.82, 2.24) is 0 Å². The first kappa shape index (κ1) is 14.6. The van der Waals surface area contributed by atoms with Crippen LogP contribution < -0.4 is 4.74 Å². The first-order valence-electron chi connectivity index (χ1n) is 5.64. The Balaban J connectivity index is 3.06. The molecule has 19 heavy (non-hydrogen) atoms. The molecule has 5 heteroatoms. The van der Waals surface area contributed by atoms with E-state index in [-0.39, 0.29) is 13.0 Å². The van der Waals surface area contributed by atoms with Gasteiger partial charge >= 0.3 is 11.9 Å². The molecule has 0 bridgehead atoms. The van der Waals surface area contributed by atoms with Gasteiger partial charge in [0.1, 0.15) is 5.75 Å². The van der Waals surface area contributed by atoms with Crippen molar-refractivity contribution in [2.45, 2.75) is 13.3 Å². The van der Waals surface area contributed by atoms with Crippen LogP contribution in [0.25, 0.3) is 0 Å². The van der Waals surface area contributed by atoms with E-state index in [0.29, 0.717) is 16.9 Å². The molecule has 0 atom stereocenters. The second-order valence-corrected chi connectivity index (χ2v) is 3.56. The zero-order valence-corrected chi connectivity index (χ0v) is 10.7. The van der Waals surface area contributed by atoms with Crippen LogP contribution in [0.3, 0.4) is 0 Å². The molecule has 100 valence electrons. The molecule has 0 amide bonds. The van der Waals surface area contributed by atoms with Gasteiger partial charge in [-0.2, -0.15) is 0 Å². The molecule has 0 aliphatic rings. The summed E-state index contributed by atoms with van der Waals surface area (Å²) in [6, 6.07) is 4.85. The molecule has 5 nitrogen and oxygen atoms in total. The molecule has 0 aromatic heterocycles. The maximum absolute atomic E-state index is 11.2. The molecule has 0 fully saturated rings. The molecule has 0 spiro atoms. The Hall–Kier alpha value is -2.48. The molecule has 0 heterocycles. The third-order valence-electron chi connectivity index (χ3n) is 2.23. The molecular weight excluding hydrogens is 248 g/mol. The lowest BCUT2D eigenvalue weighted by molar-refractivity contribution is -0.137. The highest BCUT2D eigenvalue weighted by Gasteiger charge is 2.07. The van der Waals surface area contributed by atoms with Gasteiger partial charge in [0.05, 0.1) is 20.1 Å². The van der Waals surface area contributed by atoms with E-state index in [1.807, 2.05) is 0 Å². The van der Waals surface area contributed by atoms with Gasteiger partial charge in [0, 0.05) is 11.5 Å². The van der Waals surface area contributed by atoms with Crippen molar-refractivity contribution < 1.29 is 24.2 Å². The summed E-state index contributed by atoms with van der Waals surface area (Å²) in [7, 11) is 1.49. The first-order valence-corrected chi connectivity index (χ1v) is 5.64. The number of benzene rings is 1.